The van der Waals surface area contributed by atoms with E-state index in [4.69, 9.17) is 16.3 Å². The normalized spacial score (nSPS) is 20.1. The van der Waals surface area contributed by atoms with Crippen molar-refractivity contribution in [1.82, 2.24) is 10.2 Å². The van der Waals surface area contributed by atoms with Crippen molar-refractivity contribution in [3.63, 3.8) is 0 Å². The van der Waals surface area contributed by atoms with Gasteiger partial charge in [0.15, 0.2) is 0 Å². The molecule has 1 heterocycles. The van der Waals surface area contributed by atoms with Crippen LogP contribution in [0.5, 0.6) is 0 Å². The van der Waals surface area contributed by atoms with Gasteiger partial charge < -0.3 is 10.1 Å². The van der Waals surface area contributed by atoms with E-state index in [-0.39, 0.29) is 35.1 Å². The van der Waals surface area contributed by atoms with Crippen LogP contribution in [0.4, 0.5) is 4.39 Å². The Morgan fingerprint density at radius 1 is 1.14 bits per heavy atom. The number of carbonyl (C=O) groups excluding carboxylic acids is 1. The van der Waals surface area contributed by atoms with Crippen molar-refractivity contribution in [2.45, 2.75) is 45.6 Å². The second kappa shape index (κ2) is 9.50. The summed E-state index contributed by atoms with van der Waals surface area (Å²) in [5.41, 5.74) is 2.46. The number of ether oxygens (including phenoxy) is 1. The van der Waals surface area contributed by atoms with Crippen LogP contribution in [0.25, 0.3) is 0 Å². The van der Waals surface area contributed by atoms with Crippen molar-refractivity contribution in [3.05, 3.63) is 70.0 Å². The Morgan fingerprint density at radius 3 is 2.43 bits per heavy atom. The lowest BCUT2D eigenvalue weighted by Gasteiger charge is -2.35. The van der Waals surface area contributed by atoms with Crippen LogP contribution in [0, 0.1) is 5.82 Å². The second-order valence-corrected chi connectivity index (χ2v) is 7.83. The molecular formula is C22H26ClFN2O2. The summed E-state index contributed by atoms with van der Waals surface area (Å²) in [5.74, 6) is -0.717. The minimum absolute atomic E-state index is 0.0724. The molecule has 2 aromatic carbocycles. The van der Waals surface area contributed by atoms with Gasteiger partial charge in [0, 0.05) is 36.8 Å². The number of benzene rings is 2. The maximum Gasteiger partial charge on any atom is 0.224 e. The highest BCUT2D eigenvalue weighted by Crippen LogP contribution is 2.19. The lowest BCUT2D eigenvalue weighted by molar-refractivity contribution is -0.120. The van der Waals surface area contributed by atoms with E-state index < -0.39 is 5.82 Å². The van der Waals surface area contributed by atoms with E-state index in [1.807, 2.05) is 12.1 Å². The number of morpholine rings is 1. The molecule has 4 nitrogen and oxygen atoms in total. The van der Waals surface area contributed by atoms with Gasteiger partial charge in [0.05, 0.1) is 18.6 Å². The molecule has 0 saturated carbocycles. The topological polar surface area (TPSA) is 41.6 Å². The summed E-state index contributed by atoms with van der Waals surface area (Å²) in [6.45, 7) is 7.35. The van der Waals surface area contributed by atoms with E-state index in [2.05, 4.69) is 36.2 Å². The third-order valence-corrected chi connectivity index (χ3v) is 5.17. The Labute approximate surface area is 170 Å². The maximum atomic E-state index is 13.8. The fraction of sp³-hybridized carbons (Fsp3) is 0.409. The molecule has 0 aromatic heterocycles. The van der Waals surface area contributed by atoms with E-state index >= 15 is 0 Å². The largest absolute Gasteiger partial charge is 0.373 e. The van der Waals surface area contributed by atoms with Gasteiger partial charge in [-0.15, -0.1) is 0 Å². The van der Waals surface area contributed by atoms with Crippen molar-refractivity contribution < 1.29 is 13.9 Å². The first kappa shape index (κ1) is 20.8. The Morgan fingerprint density at radius 2 is 1.79 bits per heavy atom. The molecule has 0 bridgehead atoms. The molecule has 3 rings (SSSR count). The molecule has 2 unspecified atom stereocenters. The van der Waals surface area contributed by atoms with E-state index in [1.54, 1.807) is 6.07 Å². The highest BCUT2D eigenvalue weighted by Gasteiger charge is 2.21. The van der Waals surface area contributed by atoms with Gasteiger partial charge in [-0.3, -0.25) is 9.69 Å². The minimum Gasteiger partial charge on any atom is -0.373 e. The molecule has 1 aliphatic rings. The van der Waals surface area contributed by atoms with Gasteiger partial charge in [0.2, 0.25) is 5.91 Å². The molecule has 28 heavy (non-hydrogen) atoms. The van der Waals surface area contributed by atoms with Gasteiger partial charge in [-0.2, -0.15) is 0 Å². The third kappa shape index (κ3) is 5.77. The second-order valence-electron chi connectivity index (χ2n) is 7.42. The number of nitrogens with zero attached hydrogens (tertiary/aromatic N) is 1. The van der Waals surface area contributed by atoms with Crippen molar-refractivity contribution >= 4 is 17.5 Å². The Bertz CT molecular complexity index is 782. The summed E-state index contributed by atoms with van der Waals surface area (Å²) >= 11 is 5.97. The summed E-state index contributed by atoms with van der Waals surface area (Å²) in [6.07, 6.45) is 0.430. The standard InChI is InChI=1S/C22H26ClFN2O2/c1-15-12-26(13-16(2)28-15)14-18-8-6-17(7-9-18)11-25-22(27)10-19-20(23)4-3-5-21(19)24/h3-9,15-16H,10-14H2,1-2H3,(H,25,27). The Balaban J connectivity index is 1.49. The fourth-order valence-corrected chi connectivity index (χ4v) is 3.79. The Kier molecular flexibility index (Phi) is 7.05. The molecule has 0 aliphatic carbocycles. The molecular weight excluding hydrogens is 379 g/mol. The molecule has 0 radical (unpaired) electrons. The van der Waals surface area contributed by atoms with E-state index in [1.165, 1.54) is 17.7 Å². The van der Waals surface area contributed by atoms with Crippen LogP contribution in [-0.2, 0) is 29.0 Å². The van der Waals surface area contributed by atoms with Crippen molar-refractivity contribution in [1.29, 1.82) is 0 Å². The van der Waals surface area contributed by atoms with Gasteiger partial charge in [0.1, 0.15) is 5.82 Å². The molecule has 1 N–H and O–H groups in total. The van der Waals surface area contributed by atoms with Crippen molar-refractivity contribution in [2.24, 2.45) is 0 Å². The molecule has 2 atom stereocenters. The summed E-state index contributed by atoms with van der Waals surface area (Å²) in [7, 11) is 0. The van der Waals surface area contributed by atoms with Crippen molar-refractivity contribution in [2.75, 3.05) is 13.1 Å². The smallest absolute Gasteiger partial charge is 0.224 e. The molecule has 1 saturated heterocycles. The predicted octanol–water partition coefficient (Wildman–Crippen LogP) is 3.95. The molecule has 1 fully saturated rings. The zero-order valence-corrected chi connectivity index (χ0v) is 17.0. The van der Waals surface area contributed by atoms with E-state index in [0.29, 0.717) is 6.54 Å². The summed E-state index contributed by atoms with van der Waals surface area (Å²) in [6, 6.07) is 12.6. The monoisotopic (exact) mass is 404 g/mol. The number of rotatable bonds is 6. The number of halogens is 2. The quantitative estimate of drug-likeness (QED) is 0.792. The lowest BCUT2D eigenvalue weighted by Crippen LogP contribution is -2.44. The molecule has 0 spiro atoms. The number of nitrogens with one attached hydrogen (secondary N) is 1. The van der Waals surface area contributed by atoms with Crippen LogP contribution >= 0.6 is 11.6 Å². The molecule has 2 aromatic rings. The predicted molar refractivity (Wildman–Crippen MR) is 109 cm³/mol. The summed E-state index contributed by atoms with van der Waals surface area (Å²) in [5, 5.41) is 3.09. The van der Waals surface area contributed by atoms with Gasteiger partial charge in [-0.1, -0.05) is 41.9 Å². The number of carbonyl (C=O) groups is 1. The zero-order valence-electron chi connectivity index (χ0n) is 16.3. The first-order valence-electron chi connectivity index (χ1n) is 9.56. The SMILES string of the molecule is CC1CN(Cc2ccc(CNC(=O)Cc3c(F)cccc3Cl)cc2)CC(C)O1. The van der Waals surface area contributed by atoms with Crippen molar-refractivity contribution in [3.8, 4) is 0 Å². The van der Waals surface area contributed by atoms with Gasteiger partial charge in [-0.25, -0.2) is 4.39 Å². The first-order valence-corrected chi connectivity index (χ1v) is 9.93. The third-order valence-electron chi connectivity index (χ3n) is 4.81. The molecule has 6 heteroatoms. The number of hydrogen-bond acceptors (Lipinski definition) is 3. The van der Waals surface area contributed by atoms with Gasteiger partial charge >= 0.3 is 0 Å². The van der Waals surface area contributed by atoms with Gasteiger partial charge in [-0.05, 0) is 37.1 Å². The molecule has 1 aliphatic heterocycles. The number of amides is 1. The van der Waals surface area contributed by atoms with Crippen LogP contribution < -0.4 is 5.32 Å². The average molecular weight is 405 g/mol. The average Bonchev–Trinajstić information content (AvgIpc) is 2.63. The van der Waals surface area contributed by atoms with Crippen LogP contribution in [0.2, 0.25) is 5.02 Å². The molecule has 150 valence electrons. The first-order chi connectivity index (χ1) is 13.4. The van der Waals surface area contributed by atoms with Crippen LogP contribution in [-0.4, -0.2) is 36.1 Å². The number of hydrogen-bond donors (Lipinski definition) is 1. The van der Waals surface area contributed by atoms with E-state index in [0.717, 1.165) is 25.2 Å². The summed E-state index contributed by atoms with van der Waals surface area (Å²) in [4.78, 5) is 14.5. The van der Waals surface area contributed by atoms with E-state index in [9.17, 15) is 9.18 Å². The molecule has 1 amide bonds. The highest BCUT2D eigenvalue weighted by molar-refractivity contribution is 6.31. The highest BCUT2D eigenvalue weighted by atomic mass is 35.5. The fourth-order valence-electron chi connectivity index (χ4n) is 3.56. The lowest BCUT2D eigenvalue weighted by atomic mass is 10.1. The van der Waals surface area contributed by atoms with Crippen LogP contribution in [0.1, 0.15) is 30.5 Å². The Hall–Kier alpha value is -1.95. The minimum atomic E-state index is -0.459. The summed E-state index contributed by atoms with van der Waals surface area (Å²) < 4.78 is 19.6. The van der Waals surface area contributed by atoms with Gasteiger partial charge in [0.25, 0.3) is 0 Å². The van der Waals surface area contributed by atoms with Crippen LogP contribution in [0.15, 0.2) is 42.5 Å². The zero-order chi connectivity index (χ0) is 20.1. The maximum absolute atomic E-state index is 13.8. The van der Waals surface area contributed by atoms with Crippen LogP contribution in [0.3, 0.4) is 0 Å².